The number of carbonyl (C=O) groups is 2. The summed E-state index contributed by atoms with van der Waals surface area (Å²) in [6.45, 7) is 24.6. The van der Waals surface area contributed by atoms with Gasteiger partial charge in [-0.25, -0.2) is 15.0 Å². The lowest BCUT2D eigenvalue weighted by Crippen LogP contribution is -2.46. The molecule has 254 valence electrons. The highest BCUT2D eigenvalue weighted by molar-refractivity contribution is 7.53. The van der Waals surface area contributed by atoms with Crippen LogP contribution in [0.2, 0.25) is 0 Å². The van der Waals surface area contributed by atoms with Crippen molar-refractivity contribution in [2.45, 2.75) is 113 Å². The van der Waals surface area contributed by atoms with Crippen molar-refractivity contribution in [2.24, 2.45) is 10.8 Å². The SMILES string of the molecule is CC(Cn1cnc2c(N)ncnc21)OCP(NC(C)(C)C=O)NC(C)(C)C=O.COCCC(C)(C)C.COCCC(C)(C)C. The summed E-state index contributed by atoms with van der Waals surface area (Å²) in [5, 5.41) is 6.46. The lowest BCUT2D eigenvalue weighted by atomic mass is 9.93. The van der Waals surface area contributed by atoms with Gasteiger partial charge in [0.2, 0.25) is 0 Å². The molecule has 0 saturated heterocycles. The van der Waals surface area contributed by atoms with Crippen molar-refractivity contribution >= 4 is 37.8 Å². The summed E-state index contributed by atoms with van der Waals surface area (Å²) in [4.78, 5) is 35.0. The second-order valence-electron chi connectivity index (χ2n) is 14.4. The number of aromatic nitrogens is 4. The second kappa shape index (κ2) is 19.4. The van der Waals surface area contributed by atoms with Crippen LogP contribution in [0.1, 0.15) is 89.0 Å². The van der Waals surface area contributed by atoms with Gasteiger partial charge in [-0.05, 0) is 58.3 Å². The minimum absolute atomic E-state index is 0.166. The number of hydrogen-bond acceptors (Lipinski definition) is 11. The molecule has 44 heavy (non-hydrogen) atoms. The Balaban J connectivity index is 0.000000947. The third-order valence-electron chi connectivity index (χ3n) is 5.92. The molecule has 0 fully saturated rings. The van der Waals surface area contributed by atoms with E-state index < -0.39 is 19.3 Å². The Morgan fingerprint density at radius 2 is 1.34 bits per heavy atom. The molecule has 13 heteroatoms. The highest BCUT2D eigenvalue weighted by Gasteiger charge is 2.27. The Labute approximate surface area is 266 Å². The topological polar surface area (TPSA) is 156 Å². The molecule has 0 spiro atoms. The van der Waals surface area contributed by atoms with Crippen LogP contribution >= 0.6 is 8.22 Å². The van der Waals surface area contributed by atoms with Gasteiger partial charge in [-0.2, -0.15) is 0 Å². The molecule has 1 unspecified atom stereocenters. The zero-order valence-corrected chi connectivity index (χ0v) is 30.4. The van der Waals surface area contributed by atoms with Crippen LogP contribution in [0.15, 0.2) is 12.7 Å². The van der Waals surface area contributed by atoms with Crippen molar-refractivity contribution in [3.8, 4) is 0 Å². The summed E-state index contributed by atoms with van der Waals surface area (Å²) in [7, 11) is 2.34. The van der Waals surface area contributed by atoms with Gasteiger partial charge in [0.1, 0.15) is 24.4 Å². The lowest BCUT2D eigenvalue weighted by Gasteiger charge is -2.33. The minimum atomic E-state index is -1.14. The van der Waals surface area contributed by atoms with Crippen LogP contribution in [0, 0.1) is 10.8 Å². The summed E-state index contributed by atoms with van der Waals surface area (Å²) >= 11 is 0. The summed E-state index contributed by atoms with van der Waals surface area (Å²) in [5.41, 5.74) is 6.39. The van der Waals surface area contributed by atoms with Crippen LogP contribution in [0.4, 0.5) is 5.82 Å². The number of anilines is 1. The van der Waals surface area contributed by atoms with E-state index in [1.165, 1.54) is 6.33 Å². The minimum Gasteiger partial charge on any atom is -0.385 e. The number of nitrogens with one attached hydrogen (secondary N) is 2. The van der Waals surface area contributed by atoms with E-state index in [1.807, 2.05) is 11.5 Å². The van der Waals surface area contributed by atoms with Crippen LogP contribution in [-0.2, 0) is 30.3 Å². The smallest absolute Gasteiger partial charge is 0.165 e. The first-order chi connectivity index (χ1) is 20.2. The van der Waals surface area contributed by atoms with Gasteiger partial charge in [0.05, 0.1) is 44.6 Å². The molecule has 2 rings (SSSR count). The van der Waals surface area contributed by atoms with E-state index in [0.29, 0.717) is 40.7 Å². The number of aldehydes is 2. The molecule has 0 aromatic carbocycles. The highest BCUT2D eigenvalue weighted by atomic mass is 31.1. The van der Waals surface area contributed by atoms with Crippen LogP contribution in [-0.4, -0.2) is 83.1 Å². The Hall–Kier alpha value is -2.08. The number of methoxy groups -OCH3 is 2. The fourth-order valence-electron chi connectivity index (χ4n) is 3.22. The molecule has 2 aromatic rings. The number of carbonyl (C=O) groups excluding carboxylic acids is 2. The standard InChI is InChI=1S/C17H28N7O3P.2C7H16O/c1-12(6-24-10-21-13-14(18)19-9-20-15(13)24)27-11-28(22-16(2,3)7-25)23-17(4,5)8-26;2*1-7(2,3)5-6-8-4/h7-10,12,22-23H,6,11H2,1-5H3,(H2,18,19,20);2*5-6H2,1-4H3. The van der Waals surface area contributed by atoms with Crippen molar-refractivity contribution < 1.29 is 23.8 Å². The first-order valence-corrected chi connectivity index (χ1v) is 16.5. The van der Waals surface area contributed by atoms with E-state index in [-0.39, 0.29) is 6.10 Å². The van der Waals surface area contributed by atoms with E-state index in [2.05, 4.69) is 66.7 Å². The number of rotatable bonds is 15. The van der Waals surface area contributed by atoms with Gasteiger partial charge in [-0.15, -0.1) is 0 Å². The van der Waals surface area contributed by atoms with Gasteiger partial charge in [-0.3, -0.25) is 10.2 Å². The largest absolute Gasteiger partial charge is 0.385 e. The number of nitrogen functional groups attached to an aromatic ring is 1. The molecule has 0 aliphatic carbocycles. The van der Waals surface area contributed by atoms with E-state index in [4.69, 9.17) is 19.9 Å². The maximum Gasteiger partial charge on any atom is 0.165 e. The molecule has 0 amide bonds. The zero-order valence-electron chi connectivity index (χ0n) is 29.5. The molecule has 2 aromatic heterocycles. The Kier molecular flexibility index (Phi) is 18.5. The van der Waals surface area contributed by atoms with E-state index in [1.54, 1.807) is 48.2 Å². The average molecular weight is 642 g/mol. The van der Waals surface area contributed by atoms with Crippen molar-refractivity contribution in [1.29, 1.82) is 0 Å². The van der Waals surface area contributed by atoms with E-state index in [9.17, 15) is 9.59 Å². The molecule has 0 bridgehead atoms. The maximum absolute atomic E-state index is 11.3. The number of nitrogens with two attached hydrogens (primary N) is 1. The Bertz CT molecular complexity index is 1060. The molecular weight excluding hydrogens is 581 g/mol. The van der Waals surface area contributed by atoms with E-state index in [0.717, 1.165) is 38.6 Å². The normalized spacial score (nSPS) is 13.1. The molecule has 2 heterocycles. The summed E-state index contributed by atoms with van der Waals surface area (Å²) < 4.78 is 17.7. The van der Waals surface area contributed by atoms with Gasteiger partial charge in [0.15, 0.2) is 11.5 Å². The maximum atomic E-state index is 11.3. The zero-order chi connectivity index (χ0) is 34.2. The number of nitrogens with zero attached hydrogens (tertiary/aromatic N) is 4. The first-order valence-electron chi connectivity index (χ1n) is 15.0. The molecule has 1 atom stereocenters. The van der Waals surface area contributed by atoms with Crippen molar-refractivity contribution in [2.75, 3.05) is 39.5 Å². The van der Waals surface area contributed by atoms with E-state index >= 15 is 0 Å². The molecule has 0 aliphatic heterocycles. The van der Waals surface area contributed by atoms with Gasteiger partial charge in [0.25, 0.3) is 0 Å². The van der Waals surface area contributed by atoms with Crippen LogP contribution in [0.25, 0.3) is 11.2 Å². The third-order valence-corrected chi connectivity index (χ3v) is 8.02. The third kappa shape index (κ3) is 19.3. The van der Waals surface area contributed by atoms with Crippen molar-refractivity contribution in [1.82, 2.24) is 29.7 Å². The number of fused-ring (bicyclic) bond motifs is 1. The second-order valence-corrected chi connectivity index (χ2v) is 15.9. The Morgan fingerprint density at radius 1 is 0.864 bits per heavy atom. The Morgan fingerprint density at radius 3 is 1.73 bits per heavy atom. The molecule has 4 N–H and O–H groups in total. The summed E-state index contributed by atoms with van der Waals surface area (Å²) in [6, 6.07) is 0. The lowest BCUT2D eigenvalue weighted by molar-refractivity contribution is -0.112. The quantitative estimate of drug-likeness (QED) is 0.170. The van der Waals surface area contributed by atoms with Gasteiger partial charge in [0, 0.05) is 27.4 Å². The predicted molar refractivity (Wildman–Crippen MR) is 181 cm³/mol. The molecule has 0 saturated carbocycles. The van der Waals surface area contributed by atoms with Gasteiger partial charge < -0.3 is 34.1 Å². The van der Waals surface area contributed by atoms with Crippen LogP contribution in [0.5, 0.6) is 0 Å². The number of ether oxygens (including phenoxy) is 3. The molecular formula is C31H60N7O5P. The highest BCUT2D eigenvalue weighted by Crippen LogP contribution is 2.32. The number of imidazole rings is 1. The van der Waals surface area contributed by atoms with Gasteiger partial charge in [-0.1, -0.05) is 41.5 Å². The van der Waals surface area contributed by atoms with Crippen LogP contribution in [0.3, 0.4) is 0 Å². The molecule has 12 nitrogen and oxygen atoms in total. The van der Waals surface area contributed by atoms with Crippen molar-refractivity contribution in [3.63, 3.8) is 0 Å². The average Bonchev–Trinajstić information content (AvgIpc) is 3.33. The van der Waals surface area contributed by atoms with Crippen molar-refractivity contribution in [3.05, 3.63) is 12.7 Å². The monoisotopic (exact) mass is 641 g/mol. The number of hydrogen-bond donors (Lipinski definition) is 3. The fraction of sp³-hybridized carbons (Fsp3) is 0.774. The first kappa shape index (κ1) is 41.9. The summed E-state index contributed by atoms with van der Waals surface area (Å²) in [5.74, 6) is 0.335. The molecule has 0 aliphatic rings. The molecule has 0 radical (unpaired) electrons. The summed E-state index contributed by atoms with van der Waals surface area (Å²) in [6.07, 6.45) is 7.16. The van der Waals surface area contributed by atoms with Crippen LogP contribution < -0.4 is 15.9 Å². The fourth-order valence-corrected chi connectivity index (χ4v) is 5.31. The predicted octanol–water partition coefficient (Wildman–Crippen LogP) is 5.36. The van der Waals surface area contributed by atoms with Gasteiger partial charge >= 0.3 is 0 Å².